The van der Waals surface area contributed by atoms with Crippen molar-refractivity contribution < 1.29 is 4.42 Å². The maximum absolute atomic E-state index is 6.14. The van der Waals surface area contributed by atoms with Crippen molar-refractivity contribution in [2.45, 2.75) is 0 Å². The summed E-state index contributed by atoms with van der Waals surface area (Å²) in [7, 11) is 4.01. The molecule has 0 bridgehead atoms. The van der Waals surface area contributed by atoms with E-state index in [9.17, 15) is 0 Å². The predicted octanol–water partition coefficient (Wildman–Crippen LogP) is 5.40. The highest BCUT2D eigenvalue weighted by Gasteiger charge is 2.15. The normalized spacial score (nSPS) is 11.0. The topological polar surface area (TPSA) is 28.4 Å². The second kappa shape index (κ2) is 5.36. The van der Waals surface area contributed by atoms with Crippen LogP contribution in [0.15, 0.2) is 71.1 Å². The highest BCUT2D eigenvalue weighted by molar-refractivity contribution is 6.09. The molecule has 0 atom stereocenters. The van der Waals surface area contributed by atoms with Crippen LogP contribution in [-0.2, 0) is 0 Å². The van der Waals surface area contributed by atoms with Crippen LogP contribution in [0.1, 0.15) is 0 Å². The predicted molar refractivity (Wildman–Crippen MR) is 97.8 cm³/mol. The molecule has 0 saturated heterocycles. The van der Waals surface area contributed by atoms with Gasteiger partial charge in [-0.05, 0) is 24.3 Å². The van der Waals surface area contributed by atoms with Crippen molar-refractivity contribution in [1.82, 2.24) is 0 Å². The first-order valence-electron chi connectivity index (χ1n) is 7.70. The number of benzene rings is 3. The minimum Gasteiger partial charge on any atom is -0.454 e. The molecule has 0 radical (unpaired) electrons. The van der Waals surface area contributed by atoms with Gasteiger partial charge in [-0.1, -0.05) is 42.5 Å². The number of hydrogen-bond donors (Lipinski definition) is 1. The second-order valence-electron chi connectivity index (χ2n) is 5.58. The zero-order chi connectivity index (χ0) is 15.8. The number of para-hydroxylation sites is 4. The molecular formula is C20H18N2O. The summed E-state index contributed by atoms with van der Waals surface area (Å²) in [6.07, 6.45) is 0. The monoisotopic (exact) mass is 302 g/mol. The van der Waals surface area contributed by atoms with Crippen LogP contribution in [0.25, 0.3) is 21.9 Å². The third-order valence-electron chi connectivity index (χ3n) is 4.28. The third-order valence-corrected chi connectivity index (χ3v) is 4.28. The first-order chi connectivity index (χ1) is 11.3. The van der Waals surface area contributed by atoms with E-state index in [4.69, 9.17) is 4.42 Å². The maximum atomic E-state index is 6.14. The average molecular weight is 302 g/mol. The lowest BCUT2D eigenvalue weighted by Crippen LogP contribution is -2.11. The largest absolute Gasteiger partial charge is 0.454 e. The van der Waals surface area contributed by atoms with E-state index in [0.717, 1.165) is 39.0 Å². The third kappa shape index (κ3) is 2.13. The van der Waals surface area contributed by atoms with Crippen LogP contribution < -0.4 is 10.2 Å². The molecular weight excluding hydrogens is 284 g/mol. The van der Waals surface area contributed by atoms with Crippen LogP contribution in [0.4, 0.5) is 17.1 Å². The van der Waals surface area contributed by atoms with E-state index >= 15 is 0 Å². The van der Waals surface area contributed by atoms with Gasteiger partial charge in [0, 0.05) is 24.9 Å². The smallest absolute Gasteiger partial charge is 0.159 e. The van der Waals surface area contributed by atoms with Crippen molar-refractivity contribution in [3.63, 3.8) is 0 Å². The van der Waals surface area contributed by atoms with E-state index in [2.05, 4.69) is 53.7 Å². The number of furan rings is 1. The Morgan fingerprint density at radius 2 is 1.48 bits per heavy atom. The first-order valence-corrected chi connectivity index (χ1v) is 7.70. The number of anilines is 3. The molecule has 0 aliphatic heterocycles. The van der Waals surface area contributed by atoms with E-state index in [-0.39, 0.29) is 0 Å². The van der Waals surface area contributed by atoms with Crippen molar-refractivity contribution >= 4 is 39.0 Å². The fourth-order valence-corrected chi connectivity index (χ4v) is 3.10. The second-order valence-corrected chi connectivity index (χ2v) is 5.58. The minimum atomic E-state index is 0.919. The van der Waals surface area contributed by atoms with Crippen molar-refractivity contribution in [2.24, 2.45) is 0 Å². The van der Waals surface area contributed by atoms with Gasteiger partial charge in [-0.2, -0.15) is 0 Å². The molecule has 0 saturated carbocycles. The minimum absolute atomic E-state index is 0.919. The molecule has 4 rings (SSSR count). The molecule has 23 heavy (non-hydrogen) atoms. The molecule has 0 fully saturated rings. The Morgan fingerprint density at radius 3 is 2.35 bits per heavy atom. The van der Waals surface area contributed by atoms with Gasteiger partial charge in [0.15, 0.2) is 5.58 Å². The standard InChI is InChI=1S/C20H18N2O/c1-21-16-10-4-5-11-17(16)22(2)18-12-7-9-15-14-8-3-6-13-19(14)23-20(15)18/h3-13,21H,1-2H3. The van der Waals surface area contributed by atoms with Gasteiger partial charge in [0.2, 0.25) is 0 Å². The summed E-state index contributed by atoms with van der Waals surface area (Å²) in [6, 6.07) is 22.7. The Bertz CT molecular complexity index is 987. The maximum Gasteiger partial charge on any atom is 0.159 e. The van der Waals surface area contributed by atoms with Gasteiger partial charge < -0.3 is 14.6 Å². The lowest BCUT2D eigenvalue weighted by Gasteiger charge is -2.22. The van der Waals surface area contributed by atoms with Crippen LogP contribution in [0.5, 0.6) is 0 Å². The number of rotatable bonds is 3. The average Bonchev–Trinajstić information content (AvgIpc) is 3.00. The van der Waals surface area contributed by atoms with Crippen LogP contribution in [0.2, 0.25) is 0 Å². The highest BCUT2D eigenvalue weighted by atomic mass is 16.3. The van der Waals surface area contributed by atoms with Crippen molar-refractivity contribution in [3.8, 4) is 0 Å². The summed E-state index contributed by atoms with van der Waals surface area (Å²) in [6.45, 7) is 0. The SMILES string of the molecule is CNc1ccccc1N(C)c1cccc2c1oc1ccccc12. The Hall–Kier alpha value is -2.94. The van der Waals surface area contributed by atoms with Crippen molar-refractivity contribution in [3.05, 3.63) is 66.7 Å². The van der Waals surface area contributed by atoms with E-state index < -0.39 is 0 Å². The van der Waals surface area contributed by atoms with Gasteiger partial charge in [0.1, 0.15) is 5.58 Å². The summed E-state index contributed by atoms with van der Waals surface area (Å²) < 4.78 is 6.14. The Morgan fingerprint density at radius 1 is 0.783 bits per heavy atom. The molecule has 0 unspecified atom stereocenters. The number of hydrogen-bond acceptors (Lipinski definition) is 3. The Labute approximate surface area is 135 Å². The van der Waals surface area contributed by atoms with E-state index in [0.29, 0.717) is 0 Å². The first kappa shape index (κ1) is 13.7. The summed E-state index contributed by atoms with van der Waals surface area (Å²) >= 11 is 0. The number of fused-ring (bicyclic) bond motifs is 3. The molecule has 1 aromatic heterocycles. The summed E-state index contributed by atoms with van der Waals surface area (Å²) in [5.41, 5.74) is 5.10. The van der Waals surface area contributed by atoms with Crippen molar-refractivity contribution in [2.75, 3.05) is 24.3 Å². The van der Waals surface area contributed by atoms with Crippen LogP contribution in [0, 0.1) is 0 Å². The number of nitrogens with zero attached hydrogens (tertiary/aromatic N) is 1. The molecule has 4 aromatic rings. The Kier molecular flexibility index (Phi) is 3.19. The summed E-state index contributed by atoms with van der Waals surface area (Å²) in [5.74, 6) is 0. The molecule has 0 aliphatic carbocycles. The zero-order valence-electron chi connectivity index (χ0n) is 13.2. The highest BCUT2D eigenvalue weighted by Crippen LogP contribution is 2.38. The fourth-order valence-electron chi connectivity index (χ4n) is 3.10. The zero-order valence-corrected chi connectivity index (χ0v) is 13.2. The fraction of sp³-hybridized carbons (Fsp3) is 0.100. The van der Waals surface area contributed by atoms with Gasteiger partial charge in [-0.15, -0.1) is 0 Å². The molecule has 3 aromatic carbocycles. The molecule has 1 N–H and O–H groups in total. The van der Waals surface area contributed by atoms with Crippen molar-refractivity contribution in [1.29, 1.82) is 0 Å². The molecule has 3 nitrogen and oxygen atoms in total. The molecule has 0 amide bonds. The lowest BCUT2D eigenvalue weighted by molar-refractivity contribution is 0.668. The molecule has 114 valence electrons. The van der Waals surface area contributed by atoms with Gasteiger partial charge in [0.25, 0.3) is 0 Å². The number of nitrogens with one attached hydrogen (secondary N) is 1. The van der Waals surface area contributed by atoms with E-state index in [1.165, 1.54) is 0 Å². The van der Waals surface area contributed by atoms with Crippen LogP contribution in [0.3, 0.4) is 0 Å². The van der Waals surface area contributed by atoms with Crippen LogP contribution >= 0.6 is 0 Å². The Balaban J connectivity index is 1.95. The molecule has 3 heteroatoms. The van der Waals surface area contributed by atoms with Crippen LogP contribution in [-0.4, -0.2) is 14.1 Å². The van der Waals surface area contributed by atoms with Gasteiger partial charge in [-0.25, -0.2) is 0 Å². The van der Waals surface area contributed by atoms with Gasteiger partial charge >= 0.3 is 0 Å². The molecule has 0 aliphatic rings. The quantitative estimate of drug-likeness (QED) is 0.549. The van der Waals surface area contributed by atoms with Gasteiger partial charge in [0.05, 0.1) is 17.1 Å². The summed E-state index contributed by atoms with van der Waals surface area (Å²) in [4.78, 5) is 2.16. The van der Waals surface area contributed by atoms with E-state index in [1.807, 2.05) is 37.4 Å². The van der Waals surface area contributed by atoms with Gasteiger partial charge in [-0.3, -0.25) is 0 Å². The molecule has 0 spiro atoms. The van der Waals surface area contributed by atoms with E-state index in [1.54, 1.807) is 0 Å². The molecule has 1 heterocycles. The lowest BCUT2D eigenvalue weighted by atomic mass is 10.1. The summed E-state index contributed by atoms with van der Waals surface area (Å²) in [5, 5.41) is 5.55.